The quantitative estimate of drug-likeness (QED) is 0.639. The van der Waals surface area contributed by atoms with E-state index in [0.717, 1.165) is 24.4 Å². The lowest BCUT2D eigenvalue weighted by Gasteiger charge is -2.36. The highest BCUT2D eigenvalue weighted by atomic mass is 16.5. The van der Waals surface area contributed by atoms with Gasteiger partial charge in [0.05, 0.1) is 0 Å². The van der Waals surface area contributed by atoms with Gasteiger partial charge in [0.1, 0.15) is 11.4 Å². The average Bonchev–Trinajstić information content (AvgIpc) is 2.48. The first-order valence-corrected chi connectivity index (χ1v) is 7.61. The third kappa shape index (κ3) is 3.10. The molecule has 0 spiro atoms. The van der Waals surface area contributed by atoms with Crippen molar-refractivity contribution in [2.75, 3.05) is 12.0 Å². The van der Waals surface area contributed by atoms with Crippen LogP contribution in [0.5, 0.6) is 0 Å². The number of hydrazine groups is 1. The van der Waals surface area contributed by atoms with E-state index in [2.05, 4.69) is 24.3 Å². The van der Waals surface area contributed by atoms with Gasteiger partial charge in [0.2, 0.25) is 0 Å². The number of rotatable bonds is 5. The Labute approximate surface area is 121 Å². The second-order valence-corrected chi connectivity index (χ2v) is 5.79. The smallest absolute Gasteiger partial charge is 0.162 e. The van der Waals surface area contributed by atoms with Gasteiger partial charge in [-0.2, -0.15) is 0 Å². The average molecular weight is 278 g/mol. The summed E-state index contributed by atoms with van der Waals surface area (Å²) in [4.78, 5) is 9.34. The molecule has 0 atom stereocenters. The molecule has 1 heterocycles. The lowest BCUT2D eigenvalue weighted by molar-refractivity contribution is -0.0767. The highest BCUT2D eigenvalue weighted by Gasteiger charge is 2.38. The molecule has 5 heteroatoms. The summed E-state index contributed by atoms with van der Waals surface area (Å²) in [6.07, 6.45) is 5.58. The van der Waals surface area contributed by atoms with Gasteiger partial charge in [-0.1, -0.05) is 33.1 Å². The molecule has 1 aliphatic rings. The molecule has 0 aliphatic heterocycles. The zero-order valence-electron chi connectivity index (χ0n) is 12.8. The van der Waals surface area contributed by atoms with Crippen LogP contribution in [0.3, 0.4) is 0 Å². The number of hydrogen-bond acceptors (Lipinski definition) is 5. The summed E-state index contributed by atoms with van der Waals surface area (Å²) in [5.74, 6) is 7.35. The van der Waals surface area contributed by atoms with E-state index >= 15 is 0 Å². The number of nitrogen functional groups attached to an aromatic ring is 1. The van der Waals surface area contributed by atoms with E-state index in [0.29, 0.717) is 18.3 Å². The van der Waals surface area contributed by atoms with Gasteiger partial charge in [0, 0.05) is 18.4 Å². The van der Waals surface area contributed by atoms with Crippen molar-refractivity contribution in [2.24, 2.45) is 5.84 Å². The molecule has 1 aromatic heterocycles. The van der Waals surface area contributed by atoms with Gasteiger partial charge in [0.25, 0.3) is 0 Å². The topological polar surface area (TPSA) is 73.1 Å². The van der Waals surface area contributed by atoms with Gasteiger partial charge < -0.3 is 10.2 Å². The fourth-order valence-corrected chi connectivity index (χ4v) is 2.87. The van der Waals surface area contributed by atoms with Crippen molar-refractivity contribution in [2.45, 2.75) is 64.4 Å². The summed E-state index contributed by atoms with van der Waals surface area (Å²) in [6, 6.07) is 1.91. The second-order valence-electron chi connectivity index (χ2n) is 5.79. The fourth-order valence-electron chi connectivity index (χ4n) is 2.87. The standard InChI is InChI=1S/C15H26N4O/c1-4-20-15(8-6-5-7-9-15)14-17-12(11(2)3)10-13(18-14)19-16/h10-11H,4-9,16H2,1-3H3,(H,17,18,19). The molecule has 0 unspecified atom stereocenters. The first-order chi connectivity index (χ1) is 9.61. The number of nitrogens with zero attached hydrogens (tertiary/aromatic N) is 2. The van der Waals surface area contributed by atoms with Gasteiger partial charge >= 0.3 is 0 Å². The number of ether oxygens (including phenoxy) is 1. The van der Waals surface area contributed by atoms with E-state index in [-0.39, 0.29) is 5.60 Å². The third-order valence-electron chi connectivity index (χ3n) is 3.97. The number of aromatic nitrogens is 2. The SMILES string of the molecule is CCOC1(c2nc(NN)cc(C(C)C)n2)CCCCC1. The van der Waals surface area contributed by atoms with Gasteiger partial charge in [-0.15, -0.1) is 0 Å². The van der Waals surface area contributed by atoms with Crippen molar-refractivity contribution in [1.29, 1.82) is 0 Å². The highest BCUT2D eigenvalue weighted by Crippen LogP contribution is 2.39. The van der Waals surface area contributed by atoms with Crippen LogP contribution in [0.15, 0.2) is 6.07 Å². The zero-order valence-corrected chi connectivity index (χ0v) is 12.8. The molecule has 1 aromatic rings. The molecule has 1 saturated carbocycles. The van der Waals surface area contributed by atoms with Crippen molar-refractivity contribution in [3.05, 3.63) is 17.6 Å². The van der Waals surface area contributed by atoms with Crippen LogP contribution in [-0.4, -0.2) is 16.6 Å². The molecular weight excluding hydrogens is 252 g/mol. The van der Waals surface area contributed by atoms with Gasteiger partial charge in [-0.3, -0.25) is 0 Å². The largest absolute Gasteiger partial charge is 0.367 e. The molecular formula is C15H26N4O. The Morgan fingerprint density at radius 2 is 2.00 bits per heavy atom. The monoisotopic (exact) mass is 278 g/mol. The predicted octanol–water partition coefficient (Wildman–Crippen LogP) is 3.08. The van der Waals surface area contributed by atoms with Crippen LogP contribution >= 0.6 is 0 Å². The summed E-state index contributed by atoms with van der Waals surface area (Å²) >= 11 is 0. The van der Waals surface area contributed by atoms with Crippen molar-refractivity contribution in [3.8, 4) is 0 Å². The Morgan fingerprint density at radius 3 is 2.55 bits per heavy atom. The number of hydrogen-bond donors (Lipinski definition) is 2. The van der Waals surface area contributed by atoms with Crippen LogP contribution in [0.4, 0.5) is 5.82 Å². The van der Waals surface area contributed by atoms with E-state index in [1.165, 1.54) is 19.3 Å². The van der Waals surface area contributed by atoms with Gasteiger partial charge in [0.15, 0.2) is 5.82 Å². The molecule has 112 valence electrons. The van der Waals surface area contributed by atoms with Crippen LogP contribution in [0.25, 0.3) is 0 Å². The van der Waals surface area contributed by atoms with Crippen LogP contribution < -0.4 is 11.3 Å². The molecule has 0 saturated heterocycles. The van der Waals surface area contributed by atoms with E-state index in [9.17, 15) is 0 Å². The summed E-state index contributed by atoms with van der Waals surface area (Å²) in [5.41, 5.74) is 3.33. The fraction of sp³-hybridized carbons (Fsp3) is 0.733. The molecule has 3 N–H and O–H groups in total. The van der Waals surface area contributed by atoms with E-state index in [4.69, 9.17) is 15.6 Å². The zero-order chi connectivity index (χ0) is 14.6. The maximum atomic E-state index is 6.10. The molecule has 0 radical (unpaired) electrons. The predicted molar refractivity (Wildman–Crippen MR) is 80.3 cm³/mol. The lowest BCUT2D eigenvalue weighted by Crippen LogP contribution is -2.35. The molecule has 20 heavy (non-hydrogen) atoms. The highest BCUT2D eigenvalue weighted by molar-refractivity contribution is 5.36. The molecule has 2 rings (SSSR count). The Hall–Kier alpha value is -1.20. The van der Waals surface area contributed by atoms with Crippen LogP contribution in [-0.2, 0) is 10.3 Å². The van der Waals surface area contributed by atoms with Crippen molar-refractivity contribution in [1.82, 2.24) is 9.97 Å². The van der Waals surface area contributed by atoms with E-state index < -0.39 is 0 Å². The first-order valence-electron chi connectivity index (χ1n) is 7.61. The molecule has 1 fully saturated rings. The van der Waals surface area contributed by atoms with Crippen molar-refractivity contribution >= 4 is 5.82 Å². The number of nitrogens with one attached hydrogen (secondary N) is 1. The minimum atomic E-state index is -0.330. The summed E-state index contributed by atoms with van der Waals surface area (Å²) in [7, 11) is 0. The Kier molecular flexibility index (Phi) is 4.94. The molecule has 0 amide bonds. The van der Waals surface area contributed by atoms with Crippen LogP contribution in [0.1, 0.15) is 70.3 Å². The van der Waals surface area contributed by atoms with Gasteiger partial charge in [-0.05, 0) is 25.7 Å². The maximum absolute atomic E-state index is 6.10. The summed E-state index contributed by atoms with van der Waals surface area (Å²) in [5, 5.41) is 0. The Morgan fingerprint density at radius 1 is 1.30 bits per heavy atom. The van der Waals surface area contributed by atoms with Crippen molar-refractivity contribution in [3.63, 3.8) is 0 Å². The minimum Gasteiger partial charge on any atom is -0.367 e. The Bertz CT molecular complexity index is 436. The third-order valence-corrected chi connectivity index (χ3v) is 3.97. The summed E-state index contributed by atoms with van der Waals surface area (Å²) in [6.45, 7) is 6.96. The first kappa shape index (κ1) is 15.2. The normalized spacial score (nSPS) is 18.2. The van der Waals surface area contributed by atoms with E-state index in [1.807, 2.05) is 13.0 Å². The second kappa shape index (κ2) is 6.50. The number of nitrogens with two attached hydrogens (primary N) is 1. The van der Waals surface area contributed by atoms with Crippen LogP contribution in [0.2, 0.25) is 0 Å². The van der Waals surface area contributed by atoms with Crippen LogP contribution in [0, 0.1) is 0 Å². The lowest BCUT2D eigenvalue weighted by atomic mass is 9.83. The Balaban J connectivity index is 2.43. The molecule has 5 nitrogen and oxygen atoms in total. The minimum absolute atomic E-state index is 0.330. The molecule has 1 aliphatic carbocycles. The summed E-state index contributed by atoms with van der Waals surface area (Å²) < 4.78 is 6.10. The number of anilines is 1. The van der Waals surface area contributed by atoms with Crippen molar-refractivity contribution < 1.29 is 4.74 Å². The van der Waals surface area contributed by atoms with E-state index in [1.54, 1.807) is 0 Å². The molecule has 0 bridgehead atoms. The molecule has 0 aromatic carbocycles. The maximum Gasteiger partial charge on any atom is 0.162 e. The van der Waals surface area contributed by atoms with Gasteiger partial charge in [-0.25, -0.2) is 15.8 Å².